The molecule has 1 heterocycles. The standard InChI is InChI=1S/C12H17N3/c1-5-11(10(3)4)9-15-12(13-6-2)7-8-14-15/h5-10H,1H2,2-4H3/b11-9+,13-6?. The molecule has 0 atom stereocenters. The van der Waals surface area contributed by atoms with Gasteiger partial charge in [-0.2, -0.15) is 5.10 Å². The SMILES string of the molecule is C=C/C(=C\n1nccc1N=CC)C(C)C. The van der Waals surface area contributed by atoms with Crippen LogP contribution in [0.5, 0.6) is 0 Å². The van der Waals surface area contributed by atoms with Gasteiger partial charge in [0.1, 0.15) is 0 Å². The smallest absolute Gasteiger partial charge is 0.154 e. The molecule has 3 nitrogen and oxygen atoms in total. The Bertz CT molecular complexity index is 383. The third-order valence-electron chi connectivity index (χ3n) is 2.08. The predicted molar refractivity (Wildman–Crippen MR) is 65.4 cm³/mol. The zero-order valence-electron chi connectivity index (χ0n) is 9.51. The first-order chi connectivity index (χ1) is 7.19. The molecular formula is C12H17N3. The van der Waals surface area contributed by atoms with Crippen LogP contribution < -0.4 is 0 Å². The summed E-state index contributed by atoms with van der Waals surface area (Å²) in [5.74, 6) is 1.27. The van der Waals surface area contributed by atoms with Crippen molar-refractivity contribution in [3.63, 3.8) is 0 Å². The highest BCUT2D eigenvalue weighted by Crippen LogP contribution is 2.16. The van der Waals surface area contributed by atoms with E-state index in [1.165, 1.54) is 0 Å². The second-order valence-corrected chi connectivity index (χ2v) is 3.51. The zero-order chi connectivity index (χ0) is 11.3. The second kappa shape index (κ2) is 5.29. The average molecular weight is 203 g/mol. The van der Waals surface area contributed by atoms with Crippen molar-refractivity contribution in [2.24, 2.45) is 10.9 Å². The van der Waals surface area contributed by atoms with Crippen molar-refractivity contribution in [1.29, 1.82) is 0 Å². The molecule has 0 aliphatic carbocycles. The highest BCUT2D eigenvalue weighted by atomic mass is 15.3. The van der Waals surface area contributed by atoms with Gasteiger partial charge in [0.2, 0.25) is 0 Å². The van der Waals surface area contributed by atoms with Gasteiger partial charge in [0.25, 0.3) is 0 Å². The molecule has 0 saturated carbocycles. The highest BCUT2D eigenvalue weighted by Gasteiger charge is 2.01. The van der Waals surface area contributed by atoms with E-state index in [-0.39, 0.29) is 0 Å². The van der Waals surface area contributed by atoms with E-state index in [0.717, 1.165) is 11.4 Å². The summed E-state index contributed by atoms with van der Waals surface area (Å²) in [7, 11) is 0. The average Bonchev–Trinajstić information content (AvgIpc) is 2.62. The van der Waals surface area contributed by atoms with Crippen LogP contribution in [-0.4, -0.2) is 16.0 Å². The Labute approximate surface area is 90.8 Å². The number of hydrogen-bond donors (Lipinski definition) is 0. The van der Waals surface area contributed by atoms with Crippen LogP contribution in [0.15, 0.2) is 35.5 Å². The van der Waals surface area contributed by atoms with Gasteiger partial charge in [0.05, 0.1) is 6.20 Å². The largest absolute Gasteiger partial charge is 0.242 e. The fraction of sp³-hybridized carbons (Fsp3) is 0.333. The summed E-state index contributed by atoms with van der Waals surface area (Å²) in [6.45, 7) is 9.93. The van der Waals surface area contributed by atoms with Gasteiger partial charge in [-0.05, 0) is 18.4 Å². The van der Waals surface area contributed by atoms with Crippen LogP contribution in [0.3, 0.4) is 0 Å². The topological polar surface area (TPSA) is 30.2 Å². The number of allylic oxidation sites excluding steroid dienone is 2. The van der Waals surface area contributed by atoms with E-state index in [1.807, 2.05) is 25.3 Å². The molecule has 0 amide bonds. The maximum Gasteiger partial charge on any atom is 0.154 e. The van der Waals surface area contributed by atoms with Crippen LogP contribution in [0.2, 0.25) is 0 Å². The third-order valence-corrected chi connectivity index (χ3v) is 2.08. The molecule has 0 unspecified atom stereocenters. The minimum atomic E-state index is 0.435. The lowest BCUT2D eigenvalue weighted by atomic mass is 10.1. The molecule has 0 radical (unpaired) electrons. The Kier molecular flexibility index (Phi) is 4.03. The summed E-state index contributed by atoms with van der Waals surface area (Å²) in [5, 5.41) is 4.18. The fourth-order valence-electron chi connectivity index (χ4n) is 1.22. The lowest BCUT2D eigenvalue weighted by Gasteiger charge is -2.06. The number of nitrogens with zero attached hydrogens (tertiary/aromatic N) is 3. The maximum atomic E-state index is 4.21. The van der Waals surface area contributed by atoms with E-state index < -0.39 is 0 Å². The Hall–Kier alpha value is -1.64. The van der Waals surface area contributed by atoms with E-state index in [9.17, 15) is 0 Å². The first kappa shape index (κ1) is 11.4. The lowest BCUT2D eigenvalue weighted by molar-refractivity contribution is 0.785. The highest BCUT2D eigenvalue weighted by molar-refractivity contribution is 5.59. The molecule has 3 heteroatoms. The van der Waals surface area contributed by atoms with Gasteiger partial charge in [-0.25, -0.2) is 9.67 Å². The summed E-state index contributed by atoms with van der Waals surface area (Å²) in [6, 6.07) is 1.87. The Morgan fingerprint density at radius 3 is 2.87 bits per heavy atom. The van der Waals surface area contributed by atoms with Crippen molar-refractivity contribution in [2.75, 3.05) is 0 Å². The van der Waals surface area contributed by atoms with E-state index in [2.05, 4.69) is 30.5 Å². The van der Waals surface area contributed by atoms with Crippen LogP contribution >= 0.6 is 0 Å². The van der Waals surface area contributed by atoms with Crippen LogP contribution in [0, 0.1) is 5.92 Å². The van der Waals surface area contributed by atoms with E-state index in [1.54, 1.807) is 17.1 Å². The van der Waals surface area contributed by atoms with Gasteiger partial charge in [0.15, 0.2) is 5.82 Å². The van der Waals surface area contributed by atoms with E-state index in [0.29, 0.717) is 5.92 Å². The van der Waals surface area contributed by atoms with Crippen molar-refractivity contribution in [2.45, 2.75) is 20.8 Å². The number of aliphatic imine (C=N–C) groups is 1. The molecule has 0 spiro atoms. The molecule has 0 aliphatic rings. The Morgan fingerprint density at radius 1 is 1.60 bits per heavy atom. The summed E-state index contributed by atoms with van der Waals surface area (Å²) in [5.41, 5.74) is 1.14. The molecule has 1 rings (SSSR count). The first-order valence-corrected chi connectivity index (χ1v) is 5.05. The molecule has 0 saturated heterocycles. The van der Waals surface area contributed by atoms with Crippen molar-refractivity contribution < 1.29 is 0 Å². The van der Waals surface area contributed by atoms with Crippen molar-refractivity contribution in [3.05, 3.63) is 30.5 Å². The molecule has 80 valence electrons. The minimum absolute atomic E-state index is 0.435. The number of aromatic nitrogens is 2. The van der Waals surface area contributed by atoms with Crippen molar-refractivity contribution in [3.8, 4) is 0 Å². The zero-order valence-corrected chi connectivity index (χ0v) is 9.51. The molecule has 0 fully saturated rings. The van der Waals surface area contributed by atoms with Gasteiger partial charge in [-0.1, -0.05) is 26.5 Å². The normalized spacial score (nSPS) is 12.7. The molecule has 0 aliphatic heterocycles. The third kappa shape index (κ3) is 2.91. The molecule has 15 heavy (non-hydrogen) atoms. The van der Waals surface area contributed by atoms with Crippen LogP contribution in [0.4, 0.5) is 5.82 Å². The minimum Gasteiger partial charge on any atom is -0.242 e. The van der Waals surface area contributed by atoms with Crippen LogP contribution in [0.25, 0.3) is 6.20 Å². The Balaban J connectivity index is 3.05. The number of rotatable bonds is 4. The van der Waals surface area contributed by atoms with Gasteiger partial charge in [-0.3, -0.25) is 0 Å². The predicted octanol–water partition coefficient (Wildman–Crippen LogP) is 3.29. The van der Waals surface area contributed by atoms with Gasteiger partial charge >= 0.3 is 0 Å². The molecule has 0 bridgehead atoms. The molecule has 0 aromatic carbocycles. The van der Waals surface area contributed by atoms with Crippen LogP contribution in [-0.2, 0) is 0 Å². The quantitative estimate of drug-likeness (QED) is 0.545. The van der Waals surface area contributed by atoms with E-state index >= 15 is 0 Å². The monoisotopic (exact) mass is 203 g/mol. The molecule has 1 aromatic heterocycles. The molecular weight excluding hydrogens is 186 g/mol. The van der Waals surface area contributed by atoms with Gasteiger partial charge in [0, 0.05) is 18.5 Å². The fourth-order valence-corrected chi connectivity index (χ4v) is 1.22. The van der Waals surface area contributed by atoms with Gasteiger partial charge in [-0.15, -0.1) is 0 Å². The summed E-state index contributed by atoms with van der Waals surface area (Å²) < 4.78 is 1.76. The molecule has 1 aromatic rings. The first-order valence-electron chi connectivity index (χ1n) is 5.05. The lowest BCUT2D eigenvalue weighted by Crippen LogP contribution is -1.95. The van der Waals surface area contributed by atoms with Crippen molar-refractivity contribution in [1.82, 2.24) is 9.78 Å². The maximum absolute atomic E-state index is 4.21. The van der Waals surface area contributed by atoms with Crippen LogP contribution in [0.1, 0.15) is 20.8 Å². The molecule has 0 N–H and O–H groups in total. The number of hydrogen-bond acceptors (Lipinski definition) is 2. The summed E-state index contributed by atoms with van der Waals surface area (Å²) in [4.78, 5) is 4.21. The second-order valence-electron chi connectivity index (χ2n) is 3.51. The Morgan fingerprint density at radius 2 is 2.33 bits per heavy atom. The van der Waals surface area contributed by atoms with E-state index in [4.69, 9.17) is 0 Å². The summed E-state index contributed by atoms with van der Waals surface area (Å²) >= 11 is 0. The summed E-state index contributed by atoms with van der Waals surface area (Å²) in [6.07, 6.45) is 7.30. The van der Waals surface area contributed by atoms with Crippen molar-refractivity contribution >= 4 is 18.2 Å². The van der Waals surface area contributed by atoms with Gasteiger partial charge < -0.3 is 0 Å².